The van der Waals surface area contributed by atoms with Gasteiger partial charge in [0.1, 0.15) is 12.4 Å². The molecule has 1 aliphatic rings. The van der Waals surface area contributed by atoms with E-state index in [4.69, 9.17) is 21.0 Å². The lowest BCUT2D eigenvalue weighted by molar-refractivity contribution is 0.255. The van der Waals surface area contributed by atoms with Crippen molar-refractivity contribution in [3.8, 4) is 17.9 Å². The van der Waals surface area contributed by atoms with Gasteiger partial charge in [-0.3, -0.25) is 4.98 Å². The minimum atomic E-state index is -0.187. The fourth-order valence-electron chi connectivity index (χ4n) is 3.48. The Hall–Kier alpha value is -3.87. The third-order valence-electron chi connectivity index (χ3n) is 5.18. The zero-order valence-electron chi connectivity index (χ0n) is 18.1. The highest BCUT2D eigenvalue weighted by atomic mass is 16.5. The molecule has 6 nitrogen and oxygen atoms in total. The van der Waals surface area contributed by atoms with E-state index in [0.717, 1.165) is 41.0 Å². The molecule has 32 heavy (non-hydrogen) atoms. The lowest BCUT2D eigenvalue weighted by Gasteiger charge is -2.18. The van der Waals surface area contributed by atoms with Crippen molar-refractivity contribution in [2.45, 2.75) is 45.3 Å². The first-order valence-electron chi connectivity index (χ1n) is 10.5. The summed E-state index contributed by atoms with van der Waals surface area (Å²) in [5.41, 5.74) is 10.7. The van der Waals surface area contributed by atoms with Gasteiger partial charge in [0.15, 0.2) is 0 Å². The molecule has 0 atom stereocenters. The molecule has 0 spiro atoms. The summed E-state index contributed by atoms with van der Waals surface area (Å²) in [6.45, 7) is 1.95. The Morgan fingerprint density at radius 2 is 1.84 bits per heavy atom. The van der Waals surface area contributed by atoms with Crippen molar-refractivity contribution >= 4 is 5.69 Å². The third-order valence-corrected chi connectivity index (χ3v) is 5.18. The van der Waals surface area contributed by atoms with E-state index in [0.29, 0.717) is 22.8 Å². The van der Waals surface area contributed by atoms with Gasteiger partial charge < -0.3 is 15.6 Å². The number of ether oxygens (including phenoxy) is 1. The smallest absolute Gasteiger partial charge is 0.146 e. The Labute approximate surface area is 188 Å². The normalized spacial score (nSPS) is 12.1. The molecule has 162 valence electrons. The van der Waals surface area contributed by atoms with Gasteiger partial charge >= 0.3 is 0 Å². The molecule has 1 heterocycles. The van der Waals surface area contributed by atoms with Gasteiger partial charge in [0, 0.05) is 22.9 Å². The zero-order valence-corrected chi connectivity index (χ0v) is 18.1. The average molecular weight is 427 g/mol. The van der Waals surface area contributed by atoms with Crippen LogP contribution in [0.15, 0.2) is 54.6 Å². The number of nitriles is 2. The zero-order chi connectivity index (χ0) is 22.9. The first kappa shape index (κ1) is 22.8. The SMILES string of the molecule is Cc1nc(C2CC2)c(CC#N)c(CO)c1OCc1cccc(C#N)c1.Nc1ccccc1. The van der Waals surface area contributed by atoms with E-state index >= 15 is 0 Å². The van der Waals surface area contributed by atoms with Crippen LogP contribution < -0.4 is 10.5 Å². The summed E-state index contributed by atoms with van der Waals surface area (Å²) in [5.74, 6) is 0.938. The van der Waals surface area contributed by atoms with Crippen LogP contribution in [0.4, 0.5) is 5.69 Å². The molecular formula is C26H26N4O2. The minimum Gasteiger partial charge on any atom is -0.487 e. The maximum atomic E-state index is 9.90. The highest BCUT2D eigenvalue weighted by Gasteiger charge is 2.30. The number of aromatic nitrogens is 1. The van der Waals surface area contributed by atoms with Crippen LogP contribution >= 0.6 is 0 Å². The standard InChI is InChI=1S/C20H19N3O2.C6H7N/c1-13-20(25-12-15-4-2-3-14(9-15)10-22)18(11-24)17(7-8-21)19(23-13)16-5-6-16;7-6-4-2-1-3-5-6/h2-4,9,16,24H,5-7,11-12H2,1H3;1-5H,7H2. The molecule has 0 aliphatic heterocycles. The van der Waals surface area contributed by atoms with Crippen LogP contribution in [-0.4, -0.2) is 10.1 Å². The molecule has 1 fully saturated rings. The Balaban J connectivity index is 0.000000352. The second-order valence-electron chi connectivity index (χ2n) is 7.65. The number of anilines is 1. The van der Waals surface area contributed by atoms with Gasteiger partial charge in [-0.15, -0.1) is 0 Å². The van der Waals surface area contributed by atoms with E-state index in [-0.39, 0.29) is 19.6 Å². The van der Waals surface area contributed by atoms with Crippen LogP contribution in [0.5, 0.6) is 5.75 Å². The van der Waals surface area contributed by atoms with Gasteiger partial charge in [0.25, 0.3) is 0 Å². The van der Waals surface area contributed by atoms with E-state index in [1.54, 1.807) is 12.1 Å². The molecule has 0 radical (unpaired) electrons. The van der Waals surface area contributed by atoms with Crippen molar-refractivity contribution in [1.29, 1.82) is 10.5 Å². The number of pyridine rings is 1. The van der Waals surface area contributed by atoms with Crippen LogP contribution in [0.1, 0.15) is 52.4 Å². The molecular weight excluding hydrogens is 400 g/mol. The number of nitrogens with two attached hydrogens (primary N) is 1. The summed E-state index contributed by atoms with van der Waals surface area (Å²) >= 11 is 0. The average Bonchev–Trinajstić information content (AvgIpc) is 3.65. The molecule has 4 rings (SSSR count). The topological polar surface area (TPSA) is 116 Å². The third kappa shape index (κ3) is 5.85. The number of hydrogen-bond donors (Lipinski definition) is 2. The summed E-state index contributed by atoms with van der Waals surface area (Å²) < 4.78 is 5.95. The molecule has 0 saturated heterocycles. The van der Waals surface area contributed by atoms with Crippen LogP contribution in [0, 0.1) is 29.6 Å². The lowest BCUT2D eigenvalue weighted by Crippen LogP contribution is -2.09. The van der Waals surface area contributed by atoms with Gasteiger partial charge in [-0.1, -0.05) is 30.3 Å². The van der Waals surface area contributed by atoms with E-state index in [2.05, 4.69) is 17.1 Å². The van der Waals surface area contributed by atoms with Crippen LogP contribution in [0.2, 0.25) is 0 Å². The summed E-state index contributed by atoms with van der Waals surface area (Å²) in [4.78, 5) is 4.67. The van der Waals surface area contributed by atoms with E-state index < -0.39 is 0 Å². The van der Waals surface area contributed by atoms with Gasteiger partial charge in [-0.25, -0.2) is 0 Å². The fraction of sp³-hybridized carbons (Fsp3) is 0.269. The van der Waals surface area contributed by atoms with Crippen molar-refractivity contribution in [2.75, 3.05) is 5.73 Å². The Morgan fingerprint density at radius 3 is 2.41 bits per heavy atom. The van der Waals surface area contributed by atoms with Gasteiger partial charge in [0.05, 0.1) is 36.4 Å². The quantitative estimate of drug-likeness (QED) is 0.559. The van der Waals surface area contributed by atoms with Gasteiger partial charge in [-0.05, 0) is 55.2 Å². The van der Waals surface area contributed by atoms with Crippen LogP contribution in [0.25, 0.3) is 0 Å². The number of para-hydroxylation sites is 1. The summed E-state index contributed by atoms with van der Waals surface area (Å²) in [6, 6.07) is 21.0. The lowest BCUT2D eigenvalue weighted by atomic mass is 9.99. The second-order valence-corrected chi connectivity index (χ2v) is 7.65. The minimum absolute atomic E-state index is 0.187. The van der Waals surface area contributed by atoms with Crippen molar-refractivity contribution in [3.63, 3.8) is 0 Å². The van der Waals surface area contributed by atoms with Crippen LogP contribution in [-0.2, 0) is 19.6 Å². The summed E-state index contributed by atoms with van der Waals surface area (Å²) in [7, 11) is 0. The van der Waals surface area contributed by atoms with E-state index in [1.165, 1.54) is 0 Å². The van der Waals surface area contributed by atoms with Crippen LogP contribution in [0.3, 0.4) is 0 Å². The predicted octanol–water partition coefficient (Wildman–Crippen LogP) is 4.55. The maximum Gasteiger partial charge on any atom is 0.146 e. The molecule has 6 heteroatoms. The first-order valence-corrected chi connectivity index (χ1v) is 10.5. The van der Waals surface area contributed by atoms with Crippen molar-refractivity contribution in [2.24, 2.45) is 0 Å². The number of aliphatic hydroxyl groups is 1. The van der Waals surface area contributed by atoms with E-state index in [9.17, 15) is 5.11 Å². The van der Waals surface area contributed by atoms with Crippen molar-refractivity contribution in [3.05, 3.63) is 88.2 Å². The second kappa shape index (κ2) is 10.9. The molecule has 0 amide bonds. The number of aliphatic hydroxyl groups excluding tert-OH is 1. The maximum absolute atomic E-state index is 9.90. The molecule has 1 saturated carbocycles. The van der Waals surface area contributed by atoms with E-state index in [1.807, 2.05) is 49.4 Å². The number of aryl methyl sites for hydroxylation is 1. The summed E-state index contributed by atoms with van der Waals surface area (Å²) in [6.07, 6.45) is 2.38. The number of nitrogens with zero attached hydrogens (tertiary/aromatic N) is 3. The number of nitrogen functional groups attached to an aromatic ring is 1. The van der Waals surface area contributed by atoms with Gasteiger partial charge in [-0.2, -0.15) is 10.5 Å². The predicted molar refractivity (Wildman–Crippen MR) is 123 cm³/mol. The molecule has 3 N–H and O–H groups in total. The van der Waals surface area contributed by atoms with Gasteiger partial charge in [0.2, 0.25) is 0 Å². The molecule has 0 unspecified atom stereocenters. The highest BCUT2D eigenvalue weighted by molar-refractivity contribution is 5.48. The monoisotopic (exact) mass is 426 g/mol. The molecule has 0 bridgehead atoms. The number of benzene rings is 2. The summed E-state index contributed by atoms with van der Waals surface area (Å²) in [5, 5.41) is 28.1. The molecule has 1 aliphatic carbocycles. The largest absolute Gasteiger partial charge is 0.487 e. The van der Waals surface area contributed by atoms with Crippen molar-refractivity contribution in [1.82, 2.24) is 4.98 Å². The fourth-order valence-corrected chi connectivity index (χ4v) is 3.48. The Morgan fingerprint density at radius 1 is 1.09 bits per heavy atom. The highest BCUT2D eigenvalue weighted by Crippen LogP contribution is 2.43. The number of rotatable bonds is 6. The Bertz CT molecular complexity index is 1140. The number of hydrogen-bond acceptors (Lipinski definition) is 6. The molecule has 2 aromatic carbocycles. The first-order chi connectivity index (χ1) is 15.6. The Kier molecular flexibility index (Phi) is 7.80. The molecule has 1 aromatic heterocycles. The van der Waals surface area contributed by atoms with Crippen molar-refractivity contribution < 1.29 is 9.84 Å². The molecule has 3 aromatic rings.